The molecule has 1 aromatic carbocycles. The lowest BCUT2D eigenvalue weighted by Crippen LogP contribution is -2.63. The van der Waals surface area contributed by atoms with E-state index in [2.05, 4.69) is 0 Å². The molecule has 3 aliphatic rings. The average Bonchev–Trinajstić information content (AvgIpc) is 2.69. The summed E-state index contributed by atoms with van der Waals surface area (Å²) in [5.74, 6) is -6.38. The topological polar surface area (TPSA) is 135 Å². The summed E-state index contributed by atoms with van der Waals surface area (Å²) in [6.45, 7) is 2.87. The lowest BCUT2D eigenvalue weighted by atomic mass is 9.56. The Hall–Kier alpha value is -2.68. The summed E-state index contributed by atoms with van der Waals surface area (Å²) < 4.78 is 0. The largest absolute Gasteiger partial charge is 0.510 e. The molecule has 4 N–H and O–H groups in total. The van der Waals surface area contributed by atoms with Gasteiger partial charge < -0.3 is 20.4 Å². The van der Waals surface area contributed by atoms with Gasteiger partial charge in [0.25, 0.3) is 0 Å². The van der Waals surface area contributed by atoms with Crippen LogP contribution in [0.15, 0.2) is 34.8 Å². The van der Waals surface area contributed by atoms with Crippen molar-refractivity contribution in [1.29, 1.82) is 0 Å². The number of aliphatic hydroxyl groups excluding tert-OH is 2. The van der Waals surface area contributed by atoms with Crippen LogP contribution < -0.4 is 0 Å². The molecule has 0 saturated carbocycles. The number of ketones is 3. The number of phenols is 1. The van der Waals surface area contributed by atoms with E-state index in [1.165, 1.54) is 12.1 Å². The number of aliphatic hydroxyl groups is 3. The lowest BCUT2D eigenvalue weighted by Gasteiger charge is -2.51. The number of likely N-dealkylation sites (N-methyl/N-ethyl adjacent to an activating group) is 1. The number of allylic oxidation sites excluding steroid dienone is 1. The Morgan fingerprint density at radius 1 is 1.19 bits per heavy atom. The summed E-state index contributed by atoms with van der Waals surface area (Å²) in [5, 5.41) is 44.2. The van der Waals surface area contributed by atoms with Crippen molar-refractivity contribution < 1.29 is 34.8 Å². The molecule has 0 saturated heterocycles. The van der Waals surface area contributed by atoms with Crippen LogP contribution >= 0.6 is 11.6 Å². The Labute approximate surface area is 189 Å². The van der Waals surface area contributed by atoms with Crippen molar-refractivity contribution in [3.8, 4) is 5.75 Å². The summed E-state index contributed by atoms with van der Waals surface area (Å²) in [4.78, 5) is 40.4. The molecule has 0 spiro atoms. The number of phenolic OH excluding ortho intramolecular Hbond substituents is 1. The van der Waals surface area contributed by atoms with Crippen molar-refractivity contribution in [1.82, 2.24) is 4.90 Å². The maximum Gasteiger partial charge on any atom is 0.209 e. The number of carbonyl (C=O) groups excluding carboxylic acids is 3. The Kier molecular flexibility index (Phi) is 5.04. The second kappa shape index (κ2) is 7.16. The van der Waals surface area contributed by atoms with Crippen molar-refractivity contribution in [2.24, 2.45) is 11.8 Å². The molecule has 3 aliphatic carbocycles. The number of halogens is 1. The minimum absolute atomic E-state index is 0.0536. The first-order valence-electron chi connectivity index (χ1n) is 10.2. The van der Waals surface area contributed by atoms with E-state index in [4.69, 9.17) is 11.6 Å². The van der Waals surface area contributed by atoms with Crippen molar-refractivity contribution in [2.75, 3.05) is 14.1 Å². The summed E-state index contributed by atoms with van der Waals surface area (Å²) in [5.41, 5.74) is -3.01. The molecule has 0 aliphatic heterocycles. The third-order valence-corrected chi connectivity index (χ3v) is 7.46. The van der Waals surface area contributed by atoms with E-state index in [0.717, 1.165) is 6.92 Å². The first kappa shape index (κ1) is 22.5. The van der Waals surface area contributed by atoms with E-state index in [1.807, 2.05) is 0 Å². The second-order valence-electron chi connectivity index (χ2n) is 9.00. The third-order valence-electron chi connectivity index (χ3n) is 7.13. The molecule has 0 heterocycles. The molecule has 8 nitrogen and oxygen atoms in total. The normalized spacial score (nSPS) is 32.1. The first-order valence-corrected chi connectivity index (χ1v) is 10.6. The molecule has 0 radical (unpaired) electrons. The van der Waals surface area contributed by atoms with Crippen molar-refractivity contribution in [2.45, 2.75) is 37.8 Å². The fourth-order valence-corrected chi connectivity index (χ4v) is 6.00. The molecule has 0 bridgehead atoms. The van der Waals surface area contributed by atoms with Crippen molar-refractivity contribution in [3.63, 3.8) is 0 Å². The minimum Gasteiger partial charge on any atom is -0.510 e. The van der Waals surface area contributed by atoms with E-state index in [9.17, 15) is 34.8 Å². The van der Waals surface area contributed by atoms with Crippen LogP contribution in [0.25, 0.3) is 0 Å². The molecular formula is C23H24ClNO7. The number of rotatable bonds is 2. The van der Waals surface area contributed by atoms with Gasteiger partial charge in [0.05, 0.1) is 11.6 Å². The maximum atomic E-state index is 13.4. The quantitative estimate of drug-likeness (QED) is 0.493. The lowest BCUT2D eigenvalue weighted by molar-refractivity contribution is -0.148. The molecule has 32 heavy (non-hydrogen) atoms. The fourth-order valence-electron chi connectivity index (χ4n) is 5.67. The molecular weight excluding hydrogens is 438 g/mol. The van der Waals surface area contributed by atoms with E-state index in [-0.39, 0.29) is 28.3 Å². The molecule has 170 valence electrons. The second-order valence-corrected chi connectivity index (χ2v) is 9.41. The van der Waals surface area contributed by atoms with E-state index in [1.54, 1.807) is 25.9 Å². The van der Waals surface area contributed by atoms with Crippen LogP contribution in [0.3, 0.4) is 0 Å². The van der Waals surface area contributed by atoms with Gasteiger partial charge in [0.15, 0.2) is 17.2 Å². The summed E-state index contributed by atoms with van der Waals surface area (Å²) >= 11 is 6.35. The van der Waals surface area contributed by atoms with Gasteiger partial charge in [0, 0.05) is 16.5 Å². The van der Waals surface area contributed by atoms with Crippen LogP contribution in [0.5, 0.6) is 5.75 Å². The minimum atomic E-state index is -2.57. The number of hydrogen-bond donors (Lipinski definition) is 4. The van der Waals surface area contributed by atoms with Gasteiger partial charge in [-0.2, -0.15) is 0 Å². The van der Waals surface area contributed by atoms with Crippen LogP contribution in [0.2, 0.25) is 5.02 Å². The highest BCUT2D eigenvalue weighted by molar-refractivity contribution is 6.33. The average molecular weight is 462 g/mol. The highest BCUT2D eigenvalue weighted by Crippen LogP contribution is 2.56. The summed E-state index contributed by atoms with van der Waals surface area (Å²) in [6.07, 6.45) is 0.0536. The number of aromatic hydroxyl groups is 1. The number of fused-ring (bicyclic) bond motifs is 3. The Bertz CT molecular complexity index is 1150. The van der Waals surface area contributed by atoms with Crippen LogP contribution in [0.4, 0.5) is 0 Å². The van der Waals surface area contributed by atoms with Crippen LogP contribution in [-0.4, -0.2) is 68.4 Å². The molecule has 0 aromatic heterocycles. The van der Waals surface area contributed by atoms with Gasteiger partial charge >= 0.3 is 0 Å². The van der Waals surface area contributed by atoms with Crippen molar-refractivity contribution in [3.05, 3.63) is 50.9 Å². The highest BCUT2D eigenvalue weighted by Gasteiger charge is 2.63. The number of hydrogen-bond acceptors (Lipinski definition) is 8. The van der Waals surface area contributed by atoms with Crippen molar-refractivity contribution >= 4 is 29.0 Å². The molecule has 5 atom stereocenters. The Morgan fingerprint density at radius 2 is 1.81 bits per heavy atom. The van der Waals surface area contributed by atoms with Gasteiger partial charge in [-0.25, -0.2) is 0 Å². The standard InChI is InChI=1S/C23H24ClNO7/c1-8-10-7-11-18(25(3)4)20(29)15(9(2)26)21(30)23(11,32)22(31)16(10)19(28)17-13(27)6-5-12(24)14(8)17/h5-6,8,10-11,18,27,29,31-32H,7H2,1-4H3/t8-,10+,11-,18-,23+/m0/s1. The van der Waals surface area contributed by atoms with Gasteiger partial charge in [0.2, 0.25) is 5.78 Å². The molecule has 0 amide bonds. The fraction of sp³-hybridized carbons (Fsp3) is 0.435. The molecule has 1 aromatic rings. The van der Waals surface area contributed by atoms with Crippen LogP contribution in [-0.2, 0) is 9.59 Å². The predicted molar refractivity (Wildman–Crippen MR) is 115 cm³/mol. The summed E-state index contributed by atoms with van der Waals surface area (Å²) in [7, 11) is 3.23. The van der Waals surface area contributed by atoms with E-state index >= 15 is 0 Å². The molecule has 4 rings (SSSR count). The van der Waals surface area contributed by atoms with Gasteiger partial charge in [-0.1, -0.05) is 18.5 Å². The Morgan fingerprint density at radius 3 is 2.38 bits per heavy atom. The zero-order valence-electron chi connectivity index (χ0n) is 18.0. The SMILES string of the molecule is CC(=O)C1=C(O)[C@@H](N(C)C)[C@@H]2C[C@H]3C(=C(O)[C@]2(O)C1=O)C(=O)c1c(O)ccc(Cl)c1[C@H]3C. The third kappa shape index (κ3) is 2.66. The van der Waals surface area contributed by atoms with Gasteiger partial charge in [-0.05, 0) is 57.0 Å². The molecule has 9 heteroatoms. The number of Topliss-reactive ketones (excluding diaryl/α,β-unsaturated/α-hetero) is 3. The highest BCUT2D eigenvalue weighted by atomic mass is 35.5. The molecule has 0 unspecified atom stereocenters. The van der Waals surface area contributed by atoms with Crippen LogP contribution in [0.1, 0.15) is 42.1 Å². The van der Waals surface area contributed by atoms with Gasteiger partial charge in [-0.3, -0.25) is 19.3 Å². The van der Waals surface area contributed by atoms with Crippen LogP contribution in [0, 0.1) is 11.8 Å². The number of benzene rings is 1. The van der Waals surface area contributed by atoms with Gasteiger partial charge in [-0.15, -0.1) is 0 Å². The molecule has 0 fully saturated rings. The van der Waals surface area contributed by atoms with E-state index in [0.29, 0.717) is 5.56 Å². The summed E-state index contributed by atoms with van der Waals surface area (Å²) in [6, 6.07) is 1.80. The van der Waals surface area contributed by atoms with E-state index < -0.39 is 63.8 Å². The Balaban J connectivity index is 2.02. The smallest absolute Gasteiger partial charge is 0.209 e. The zero-order chi connectivity index (χ0) is 23.9. The maximum absolute atomic E-state index is 13.4. The number of nitrogens with zero attached hydrogens (tertiary/aromatic N) is 1. The first-order chi connectivity index (χ1) is 14.8. The predicted octanol–water partition coefficient (Wildman–Crippen LogP) is 2.44. The van der Waals surface area contributed by atoms with Gasteiger partial charge in [0.1, 0.15) is 22.8 Å². The number of carbonyl (C=O) groups is 3. The monoisotopic (exact) mass is 461 g/mol. The zero-order valence-corrected chi connectivity index (χ0v) is 18.8.